The Balaban J connectivity index is 2.61. The highest BCUT2D eigenvalue weighted by atomic mass is 19.4. The van der Waals surface area contributed by atoms with Gasteiger partial charge in [0.15, 0.2) is 0 Å². The SMILES string of the molecule is Cc1ccc([C@@H](NC=O)c2cc(F)cc(C(F)(F)F)c2)cc1C(F)(F)F. The Morgan fingerprint density at radius 1 is 0.923 bits per heavy atom. The number of hydrogen-bond donors (Lipinski definition) is 1. The molecule has 2 aromatic carbocycles. The first kappa shape index (κ1) is 19.7. The van der Waals surface area contributed by atoms with Crippen LogP contribution in [0.15, 0.2) is 36.4 Å². The van der Waals surface area contributed by atoms with E-state index in [9.17, 15) is 35.5 Å². The fourth-order valence-electron chi connectivity index (χ4n) is 2.52. The van der Waals surface area contributed by atoms with E-state index in [1.807, 2.05) is 0 Å². The van der Waals surface area contributed by atoms with Gasteiger partial charge in [0.25, 0.3) is 0 Å². The van der Waals surface area contributed by atoms with Crippen LogP contribution >= 0.6 is 0 Å². The molecule has 2 nitrogen and oxygen atoms in total. The lowest BCUT2D eigenvalue weighted by Gasteiger charge is -2.21. The molecule has 26 heavy (non-hydrogen) atoms. The third kappa shape index (κ3) is 4.33. The molecule has 1 atom stereocenters. The summed E-state index contributed by atoms with van der Waals surface area (Å²) in [7, 11) is 0. The largest absolute Gasteiger partial charge is 0.416 e. The van der Waals surface area contributed by atoms with Crippen molar-refractivity contribution in [1.82, 2.24) is 5.32 Å². The predicted octanol–water partition coefficient (Wildman–Crippen LogP) is 5.01. The number of hydrogen-bond acceptors (Lipinski definition) is 1. The molecule has 0 spiro atoms. The molecule has 9 heteroatoms. The Labute approximate surface area is 143 Å². The van der Waals surface area contributed by atoms with E-state index in [1.54, 1.807) is 0 Å². The molecule has 0 heterocycles. The Kier molecular flexibility index (Phi) is 5.29. The van der Waals surface area contributed by atoms with Gasteiger partial charge >= 0.3 is 12.4 Å². The molecule has 1 N–H and O–H groups in total. The van der Waals surface area contributed by atoms with Crippen molar-refractivity contribution in [3.63, 3.8) is 0 Å². The smallest absolute Gasteiger partial charge is 0.348 e. The van der Waals surface area contributed by atoms with Crippen LogP contribution in [0.5, 0.6) is 0 Å². The Morgan fingerprint density at radius 3 is 2.12 bits per heavy atom. The van der Waals surface area contributed by atoms with Crippen molar-refractivity contribution in [1.29, 1.82) is 0 Å². The summed E-state index contributed by atoms with van der Waals surface area (Å²) in [6.45, 7) is 1.22. The van der Waals surface area contributed by atoms with Gasteiger partial charge in [0.05, 0.1) is 17.2 Å². The molecular weight excluding hydrogens is 367 g/mol. The highest BCUT2D eigenvalue weighted by Crippen LogP contribution is 2.36. The Hall–Kier alpha value is -2.58. The van der Waals surface area contributed by atoms with Gasteiger partial charge in [0, 0.05) is 0 Å². The summed E-state index contributed by atoms with van der Waals surface area (Å²) in [4.78, 5) is 10.8. The van der Waals surface area contributed by atoms with Crippen molar-refractivity contribution in [3.05, 3.63) is 70.0 Å². The molecule has 0 aliphatic rings. The lowest BCUT2D eigenvalue weighted by Crippen LogP contribution is -2.22. The molecule has 140 valence electrons. The number of carbonyl (C=O) groups excluding carboxylic acids is 1. The highest BCUT2D eigenvalue weighted by Gasteiger charge is 2.34. The molecule has 0 fully saturated rings. The fraction of sp³-hybridized carbons (Fsp3) is 0.235. The van der Waals surface area contributed by atoms with Gasteiger partial charge in [0.2, 0.25) is 6.41 Å². The molecule has 0 unspecified atom stereocenters. The maximum absolute atomic E-state index is 13.6. The lowest BCUT2D eigenvalue weighted by atomic mass is 9.94. The van der Waals surface area contributed by atoms with Crippen molar-refractivity contribution in [2.24, 2.45) is 0 Å². The zero-order chi connectivity index (χ0) is 19.7. The van der Waals surface area contributed by atoms with Crippen LogP contribution in [-0.4, -0.2) is 6.41 Å². The van der Waals surface area contributed by atoms with Gasteiger partial charge in [-0.05, 0) is 47.9 Å². The standard InChI is InChI=1S/C17H12F7NO/c1-9-2-3-10(6-14(9)17(22,23)24)15(25-8-26)11-4-12(16(19,20)21)7-13(18)5-11/h2-8,15H,1H3,(H,25,26)/t15-/m1/s1. The molecule has 0 radical (unpaired) electrons. The van der Waals surface area contributed by atoms with Gasteiger partial charge in [-0.2, -0.15) is 26.3 Å². The van der Waals surface area contributed by atoms with E-state index < -0.39 is 35.3 Å². The number of halogens is 7. The summed E-state index contributed by atoms with van der Waals surface area (Å²) in [6.07, 6.45) is -9.42. The van der Waals surface area contributed by atoms with E-state index in [-0.39, 0.29) is 29.2 Å². The number of rotatable bonds is 4. The predicted molar refractivity (Wildman–Crippen MR) is 78.6 cm³/mol. The van der Waals surface area contributed by atoms with Crippen LogP contribution in [0.4, 0.5) is 30.7 Å². The van der Waals surface area contributed by atoms with Crippen LogP contribution in [0.3, 0.4) is 0 Å². The minimum absolute atomic E-state index is 0.0960. The van der Waals surface area contributed by atoms with E-state index in [2.05, 4.69) is 5.32 Å². The third-order valence-corrected chi connectivity index (χ3v) is 3.72. The Morgan fingerprint density at radius 2 is 1.58 bits per heavy atom. The summed E-state index contributed by atoms with van der Waals surface area (Å²) in [5, 5.41) is 2.14. The van der Waals surface area contributed by atoms with E-state index in [0.29, 0.717) is 12.1 Å². The maximum atomic E-state index is 13.6. The van der Waals surface area contributed by atoms with Crippen molar-refractivity contribution < 1.29 is 35.5 Å². The van der Waals surface area contributed by atoms with Gasteiger partial charge in [0.1, 0.15) is 5.82 Å². The van der Waals surface area contributed by atoms with Gasteiger partial charge < -0.3 is 5.32 Å². The summed E-state index contributed by atoms with van der Waals surface area (Å²) in [5.41, 5.74) is -2.87. The zero-order valence-corrected chi connectivity index (χ0v) is 13.2. The molecule has 0 saturated heterocycles. The van der Waals surface area contributed by atoms with Crippen molar-refractivity contribution in [2.45, 2.75) is 25.3 Å². The van der Waals surface area contributed by atoms with Crippen LogP contribution in [-0.2, 0) is 17.1 Å². The van der Waals surface area contributed by atoms with Gasteiger partial charge in [-0.3, -0.25) is 4.79 Å². The van der Waals surface area contributed by atoms with Crippen LogP contribution in [0.25, 0.3) is 0 Å². The van der Waals surface area contributed by atoms with Crippen molar-refractivity contribution in [2.75, 3.05) is 0 Å². The maximum Gasteiger partial charge on any atom is 0.416 e. The lowest BCUT2D eigenvalue weighted by molar-refractivity contribution is -0.138. The summed E-state index contributed by atoms with van der Waals surface area (Å²) < 4.78 is 91.4. The first-order valence-corrected chi connectivity index (χ1v) is 7.18. The first-order chi connectivity index (χ1) is 11.9. The molecule has 0 bridgehead atoms. The quantitative estimate of drug-likeness (QED) is 0.588. The van der Waals surface area contributed by atoms with E-state index in [0.717, 1.165) is 12.1 Å². The number of nitrogens with one attached hydrogen (secondary N) is 1. The number of amides is 1. The summed E-state index contributed by atoms with van der Waals surface area (Å²) in [6, 6.07) is 3.25. The average molecular weight is 379 g/mol. The Bertz CT molecular complexity index is 812. The van der Waals surface area contributed by atoms with E-state index in [1.165, 1.54) is 13.0 Å². The van der Waals surface area contributed by atoms with Crippen LogP contribution in [0.2, 0.25) is 0 Å². The molecular formula is C17H12F7NO. The number of carbonyl (C=O) groups is 1. The van der Waals surface area contributed by atoms with Crippen LogP contribution < -0.4 is 5.32 Å². The van der Waals surface area contributed by atoms with Gasteiger partial charge in [-0.25, -0.2) is 4.39 Å². The molecule has 0 saturated carbocycles. The highest BCUT2D eigenvalue weighted by molar-refractivity contribution is 5.51. The number of aryl methyl sites for hydroxylation is 1. The number of benzene rings is 2. The molecule has 0 aliphatic carbocycles. The monoisotopic (exact) mass is 379 g/mol. The molecule has 0 aromatic heterocycles. The fourth-order valence-corrected chi connectivity index (χ4v) is 2.52. The second-order valence-corrected chi connectivity index (χ2v) is 5.56. The molecule has 1 amide bonds. The second-order valence-electron chi connectivity index (χ2n) is 5.56. The second kappa shape index (κ2) is 6.97. The molecule has 0 aliphatic heterocycles. The first-order valence-electron chi connectivity index (χ1n) is 7.18. The van der Waals surface area contributed by atoms with Crippen LogP contribution in [0.1, 0.15) is 33.9 Å². The minimum atomic E-state index is -4.85. The molecule has 2 rings (SSSR count). The van der Waals surface area contributed by atoms with Crippen LogP contribution in [0, 0.1) is 12.7 Å². The van der Waals surface area contributed by atoms with Crippen molar-refractivity contribution >= 4 is 6.41 Å². The average Bonchev–Trinajstić information content (AvgIpc) is 2.51. The minimum Gasteiger partial charge on any atom is -0.348 e. The topological polar surface area (TPSA) is 29.1 Å². The third-order valence-electron chi connectivity index (χ3n) is 3.72. The van der Waals surface area contributed by atoms with Crippen molar-refractivity contribution in [3.8, 4) is 0 Å². The summed E-state index contributed by atoms with van der Waals surface area (Å²) in [5.74, 6) is -1.23. The van der Waals surface area contributed by atoms with E-state index >= 15 is 0 Å². The van der Waals surface area contributed by atoms with E-state index in [4.69, 9.17) is 0 Å². The van der Waals surface area contributed by atoms with Gasteiger partial charge in [-0.15, -0.1) is 0 Å². The normalized spacial score (nSPS) is 13.4. The van der Waals surface area contributed by atoms with Gasteiger partial charge in [-0.1, -0.05) is 12.1 Å². The zero-order valence-electron chi connectivity index (χ0n) is 13.2. The molecule has 2 aromatic rings. The number of alkyl halides is 6. The summed E-state index contributed by atoms with van der Waals surface area (Å²) >= 11 is 0.